The van der Waals surface area contributed by atoms with Crippen LogP contribution in [-0.4, -0.2) is 4.98 Å². The van der Waals surface area contributed by atoms with Crippen molar-refractivity contribution in [3.05, 3.63) is 35.0 Å². The van der Waals surface area contributed by atoms with Gasteiger partial charge in [-0.1, -0.05) is 6.92 Å². The van der Waals surface area contributed by atoms with Crippen LogP contribution in [-0.2, 0) is 6.42 Å². The van der Waals surface area contributed by atoms with Crippen LogP contribution in [0.15, 0.2) is 18.3 Å². The molecule has 0 aliphatic carbocycles. The maximum absolute atomic E-state index is 3.31. The number of aryl methyl sites for hydroxylation is 3. The van der Waals surface area contributed by atoms with Gasteiger partial charge in [-0.25, -0.2) is 0 Å². The predicted molar refractivity (Wildman–Crippen MR) is 57.2 cm³/mol. The lowest BCUT2D eigenvalue weighted by atomic mass is 10.0. The van der Waals surface area contributed by atoms with Crippen molar-refractivity contribution in [3.8, 4) is 0 Å². The summed E-state index contributed by atoms with van der Waals surface area (Å²) in [5.74, 6) is 0. The van der Waals surface area contributed by atoms with Gasteiger partial charge in [-0.15, -0.1) is 0 Å². The number of hydrogen-bond donors (Lipinski definition) is 1. The zero-order valence-corrected chi connectivity index (χ0v) is 8.44. The zero-order valence-electron chi connectivity index (χ0n) is 8.44. The molecule has 1 aromatic carbocycles. The highest BCUT2D eigenvalue weighted by Crippen LogP contribution is 2.22. The van der Waals surface area contributed by atoms with Crippen molar-refractivity contribution >= 4 is 10.9 Å². The quantitative estimate of drug-likeness (QED) is 0.680. The summed E-state index contributed by atoms with van der Waals surface area (Å²) in [5, 5.41) is 1.38. The molecule has 1 nitrogen and oxygen atoms in total. The molecule has 0 saturated heterocycles. The van der Waals surface area contributed by atoms with Gasteiger partial charge in [0, 0.05) is 17.1 Å². The first-order chi connectivity index (χ1) is 6.22. The minimum atomic E-state index is 1.10. The van der Waals surface area contributed by atoms with Crippen LogP contribution in [0, 0.1) is 13.8 Å². The van der Waals surface area contributed by atoms with Crippen molar-refractivity contribution in [2.75, 3.05) is 0 Å². The standard InChI is InChI=1S/C12H15N/c1-4-10-7-13-12-6-9(3)8(2)5-11(10)12/h5-7,13H,4H2,1-3H3. The summed E-state index contributed by atoms with van der Waals surface area (Å²) in [7, 11) is 0. The summed E-state index contributed by atoms with van der Waals surface area (Å²) in [6.45, 7) is 6.51. The topological polar surface area (TPSA) is 15.8 Å². The van der Waals surface area contributed by atoms with Crippen LogP contribution in [0.3, 0.4) is 0 Å². The normalized spacial score (nSPS) is 11.0. The number of H-pyrrole nitrogens is 1. The monoisotopic (exact) mass is 173 g/mol. The Bertz CT molecular complexity index is 438. The molecule has 68 valence electrons. The zero-order chi connectivity index (χ0) is 9.42. The Hall–Kier alpha value is -1.24. The van der Waals surface area contributed by atoms with Gasteiger partial charge < -0.3 is 4.98 Å². The Morgan fingerprint density at radius 3 is 2.54 bits per heavy atom. The van der Waals surface area contributed by atoms with E-state index in [0.29, 0.717) is 0 Å². The third-order valence-electron chi connectivity index (χ3n) is 2.76. The van der Waals surface area contributed by atoms with Crippen LogP contribution in [0.4, 0.5) is 0 Å². The van der Waals surface area contributed by atoms with Crippen molar-refractivity contribution in [1.29, 1.82) is 0 Å². The molecule has 1 N–H and O–H groups in total. The Morgan fingerprint density at radius 2 is 1.85 bits per heavy atom. The number of rotatable bonds is 1. The van der Waals surface area contributed by atoms with E-state index in [1.54, 1.807) is 0 Å². The number of aromatic amines is 1. The van der Waals surface area contributed by atoms with Crippen molar-refractivity contribution in [3.63, 3.8) is 0 Å². The molecule has 0 amide bonds. The molecule has 1 aromatic heterocycles. The van der Waals surface area contributed by atoms with Gasteiger partial charge in [0.15, 0.2) is 0 Å². The number of hydrogen-bond acceptors (Lipinski definition) is 0. The first-order valence-corrected chi connectivity index (χ1v) is 4.79. The molecule has 2 rings (SSSR count). The number of aromatic nitrogens is 1. The average Bonchev–Trinajstić information content (AvgIpc) is 2.48. The molecule has 0 aliphatic heterocycles. The number of fused-ring (bicyclic) bond motifs is 1. The maximum Gasteiger partial charge on any atom is 0.0459 e. The fraction of sp³-hybridized carbons (Fsp3) is 0.333. The van der Waals surface area contributed by atoms with Crippen molar-refractivity contribution in [2.24, 2.45) is 0 Å². The van der Waals surface area contributed by atoms with Gasteiger partial charge >= 0.3 is 0 Å². The van der Waals surface area contributed by atoms with Crippen LogP contribution >= 0.6 is 0 Å². The van der Waals surface area contributed by atoms with E-state index in [1.807, 2.05) is 0 Å². The summed E-state index contributed by atoms with van der Waals surface area (Å²) < 4.78 is 0. The third-order valence-corrected chi connectivity index (χ3v) is 2.76. The van der Waals surface area contributed by atoms with E-state index in [-0.39, 0.29) is 0 Å². The van der Waals surface area contributed by atoms with Gasteiger partial charge in [0.25, 0.3) is 0 Å². The highest BCUT2D eigenvalue weighted by Gasteiger charge is 2.03. The molecule has 0 unspecified atom stereocenters. The molecule has 0 atom stereocenters. The summed E-state index contributed by atoms with van der Waals surface area (Å²) in [6.07, 6.45) is 3.21. The van der Waals surface area contributed by atoms with Crippen molar-refractivity contribution < 1.29 is 0 Å². The second-order valence-corrected chi connectivity index (χ2v) is 3.65. The predicted octanol–water partition coefficient (Wildman–Crippen LogP) is 3.35. The fourth-order valence-corrected chi connectivity index (χ4v) is 1.74. The Kier molecular flexibility index (Phi) is 1.87. The third kappa shape index (κ3) is 1.24. The molecule has 2 aromatic rings. The molecule has 0 fully saturated rings. The van der Waals surface area contributed by atoms with Gasteiger partial charge in [-0.3, -0.25) is 0 Å². The minimum Gasteiger partial charge on any atom is -0.361 e. The smallest absolute Gasteiger partial charge is 0.0459 e. The van der Waals surface area contributed by atoms with Crippen LogP contribution in [0.25, 0.3) is 10.9 Å². The highest BCUT2D eigenvalue weighted by atomic mass is 14.7. The van der Waals surface area contributed by atoms with E-state index < -0.39 is 0 Å². The van der Waals surface area contributed by atoms with Crippen LogP contribution in [0.5, 0.6) is 0 Å². The SMILES string of the molecule is CCc1c[nH]c2cc(C)c(C)cc12. The molecular formula is C12H15N. The lowest BCUT2D eigenvalue weighted by Crippen LogP contribution is -1.81. The van der Waals surface area contributed by atoms with Gasteiger partial charge in [0.05, 0.1) is 0 Å². The van der Waals surface area contributed by atoms with Crippen LogP contribution in [0.2, 0.25) is 0 Å². The van der Waals surface area contributed by atoms with E-state index in [4.69, 9.17) is 0 Å². The van der Waals surface area contributed by atoms with E-state index in [1.165, 1.54) is 27.6 Å². The summed E-state index contributed by atoms with van der Waals surface area (Å²) in [4.78, 5) is 3.31. The first-order valence-electron chi connectivity index (χ1n) is 4.79. The summed E-state index contributed by atoms with van der Waals surface area (Å²) in [6, 6.07) is 4.50. The van der Waals surface area contributed by atoms with Gasteiger partial charge in [-0.2, -0.15) is 0 Å². The second-order valence-electron chi connectivity index (χ2n) is 3.65. The van der Waals surface area contributed by atoms with Crippen molar-refractivity contribution in [2.45, 2.75) is 27.2 Å². The molecule has 0 saturated carbocycles. The lowest BCUT2D eigenvalue weighted by Gasteiger charge is -2.00. The molecule has 13 heavy (non-hydrogen) atoms. The maximum atomic E-state index is 3.31. The molecule has 0 radical (unpaired) electrons. The largest absolute Gasteiger partial charge is 0.361 e. The summed E-state index contributed by atoms with van der Waals surface area (Å²) in [5.41, 5.74) is 5.41. The molecular weight excluding hydrogens is 158 g/mol. The molecule has 0 bridgehead atoms. The summed E-state index contributed by atoms with van der Waals surface area (Å²) >= 11 is 0. The lowest BCUT2D eigenvalue weighted by molar-refractivity contribution is 1.15. The average molecular weight is 173 g/mol. The Balaban J connectivity index is 2.77. The first kappa shape index (κ1) is 8.36. The van der Waals surface area contributed by atoms with Crippen molar-refractivity contribution in [1.82, 2.24) is 4.98 Å². The van der Waals surface area contributed by atoms with E-state index in [0.717, 1.165) is 6.42 Å². The fourth-order valence-electron chi connectivity index (χ4n) is 1.74. The molecule has 0 aliphatic rings. The van der Waals surface area contributed by atoms with Gasteiger partial charge in [0.1, 0.15) is 0 Å². The Morgan fingerprint density at radius 1 is 1.15 bits per heavy atom. The highest BCUT2D eigenvalue weighted by molar-refractivity contribution is 5.84. The molecule has 1 heteroatoms. The minimum absolute atomic E-state index is 1.10. The van der Waals surface area contributed by atoms with E-state index in [9.17, 15) is 0 Å². The van der Waals surface area contributed by atoms with Crippen LogP contribution < -0.4 is 0 Å². The number of nitrogens with one attached hydrogen (secondary N) is 1. The number of benzene rings is 1. The molecule has 1 heterocycles. The van der Waals surface area contributed by atoms with E-state index in [2.05, 4.69) is 44.1 Å². The molecule has 0 spiro atoms. The van der Waals surface area contributed by atoms with E-state index >= 15 is 0 Å². The Labute approximate surface area is 78.8 Å². The van der Waals surface area contributed by atoms with Gasteiger partial charge in [-0.05, 0) is 49.1 Å². The van der Waals surface area contributed by atoms with Crippen LogP contribution in [0.1, 0.15) is 23.6 Å². The second kappa shape index (κ2) is 2.91. The van der Waals surface area contributed by atoms with Gasteiger partial charge in [0.2, 0.25) is 0 Å².